The Morgan fingerprint density at radius 3 is 2.50 bits per heavy atom. The van der Waals surface area contributed by atoms with Gasteiger partial charge in [-0.1, -0.05) is 15.9 Å². The molecule has 0 saturated heterocycles. The minimum atomic E-state index is 0.114. The summed E-state index contributed by atoms with van der Waals surface area (Å²) in [5, 5.41) is 3.17. The maximum Gasteiger partial charge on any atom is 0.236 e. The number of nitrogens with zero attached hydrogens (tertiary/aromatic N) is 1. The predicted molar refractivity (Wildman–Crippen MR) is 88.0 cm³/mol. The average molecular weight is 408 g/mol. The lowest BCUT2D eigenvalue weighted by Gasteiger charge is -2.19. The van der Waals surface area contributed by atoms with Gasteiger partial charge >= 0.3 is 0 Å². The minimum Gasteiger partial charge on any atom is -0.495 e. The van der Waals surface area contributed by atoms with Crippen molar-refractivity contribution in [3.8, 4) is 5.75 Å². The second-order valence-electron chi connectivity index (χ2n) is 4.25. The van der Waals surface area contributed by atoms with Gasteiger partial charge in [0.2, 0.25) is 5.91 Å². The fourth-order valence-corrected chi connectivity index (χ4v) is 3.44. The van der Waals surface area contributed by atoms with E-state index >= 15 is 0 Å². The molecule has 0 radical (unpaired) electrons. The van der Waals surface area contributed by atoms with Crippen LogP contribution in [0, 0.1) is 0 Å². The molecule has 1 amide bonds. The van der Waals surface area contributed by atoms with Gasteiger partial charge in [-0.15, -0.1) is 0 Å². The largest absolute Gasteiger partial charge is 0.495 e. The van der Waals surface area contributed by atoms with Crippen LogP contribution in [0.15, 0.2) is 21.1 Å². The van der Waals surface area contributed by atoms with Gasteiger partial charge in [-0.05, 0) is 41.9 Å². The molecule has 1 aromatic rings. The van der Waals surface area contributed by atoms with Crippen molar-refractivity contribution >= 4 is 37.8 Å². The highest BCUT2D eigenvalue weighted by Crippen LogP contribution is 2.32. The summed E-state index contributed by atoms with van der Waals surface area (Å²) in [6.07, 6.45) is 0. The van der Waals surface area contributed by atoms with Gasteiger partial charge in [0.05, 0.1) is 18.1 Å². The molecule has 1 rings (SSSR count). The Bertz CT molecular complexity index is 463. The second-order valence-corrected chi connectivity index (χ2v) is 6.02. The van der Waals surface area contributed by atoms with Crippen LogP contribution >= 0.6 is 31.9 Å². The number of benzene rings is 1. The number of likely N-dealkylation sites (N-methyl/N-ethyl adjacent to an activating group) is 1. The Balaban J connectivity index is 2.64. The first kappa shape index (κ1) is 17.5. The summed E-state index contributed by atoms with van der Waals surface area (Å²) in [6, 6.07) is 3.92. The molecule has 1 aromatic carbocycles. The Labute approximate surface area is 137 Å². The van der Waals surface area contributed by atoms with E-state index in [-0.39, 0.29) is 5.91 Å². The van der Waals surface area contributed by atoms with Crippen molar-refractivity contribution in [2.45, 2.75) is 20.4 Å². The summed E-state index contributed by atoms with van der Waals surface area (Å²) in [5.41, 5.74) is 1.00. The fourth-order valence-electron chi connectivity index (χ4n) is 1.97. The van der Waals surface area contributed by atoms with Gasteiger partial charge < -0.3 is 15.0 Å². The van der Waals surface area contributed by atoms with E-state index < -0.39 is 0 Å². The highest BCUT2D eigenvalue weighted by molar-refractivity contribution is 9.11. The molecule has 1 N–H and O–H groups in total. The van der Waals surface area contributed by atoms with Crippen molar-refractivity contribution in [3.63, 3.8) is 0 Å². The highest BCUT2D eigenvalue weighted by atomic mass is 79.9. The standard InChI is InChI=1S/C14H20Br2N2O2/c1-4-18(5-2)13(19)9-17-8-10-6-11(15)7-12(16)14(10)20-3/h6-7,17H,4-5,8-9H2,1-3H3. The molecule has 4 nitrogen and oxygen atoms in total. The van der Waals surface area contributed by atoms with Crippen LogP contribution in [0.4, 0.5) is 0 Å². The number of amides is 1. The molecule has 20 heavy (non-hydrogen) atoms. The first-order valence-corrected chi connectivity index (χ1v) is 8.12. The molecule has 0 atom stereocenters. The Morgan fingerprint density at radius 2 is 1.95 bits per heavy atom. The van der Waals surface area contributed by atoms with Crippen molar-refractivity contribution in [3.05, 3.63) is 26.6 Å². The summed E-state index contributed by atoms with van der Waals surface area (Å²) in [7, 11) is 1.64. The lowest BCUT2D eigenvalue weighted by molar-refractivity contribution is -0.129. The van der Waals surface area contributed by atoms with Crippen LogP contribution in [-0.4, -0.2) is 37.6 Å². The van der Waals surface area contributed by atoms with Gasteiger partial charge in [0.25, 0.3) is 0 Å². The molecule has 0 aliphatic heterocycles. The first-order chi connectivity index (χ1) is 9.53. The number of ether oxygens (including phenoxy) is 1. The van der Waals surface area contributed by atoms with E-state index in [0.717, 1.165) is 33.3 Å². The first-order valence-electron chi connectivity index (χ1n) is 6.53. The number of carbonyl (C=O) groups excluding carboxylic acids is 1. The molecule has 0 unspecified atom stereocenters. The molecule has 0 fully saturated rings. The van der Waals surface area contributed by atoms with Crippen LogP contribution in [0.25, 0.3) is 0 Å². The second kappa shape index (κ2) is 8.64. The summed E-state index contributed by atoms with van der Waals surface area (Å²) >= 11 is 6.92. The quantitative estimate of drug-likeness (QED) is 0.754. The van der Waals surface area contributed by atoms with E-state index in [4.69, 9.17) is 4.74 Å². The monoisotopic (exact) mass is 406 g/mol. The number of carbonyl (C=O) groups is 1. The zero-order valence-electron chi connectivity index (χ0n) is 12.0. The number of rotatable bonds is 7. The van der Waals surface area contributed by atoms with Crippen molar-refractivity contribution in [2.75, 3.05) is 26.7 Å². The summed E-state index contributed by atoms with van der Waals surface area (Å²) in [5.74, 6) is 0.902. The van der Waals surface area contributed by atoms with Crippen LogP contribution in [-0.2, 0) is 11.3 Å². The fraction of sp³-hybridized carbons (Fsp3) is 0.500. The Morgan fingerprint density at radius 1 is 1.30 bits per heavy atom. The molecule has 0 heterocycles. The van der Waals surface area contributed by atoms with Crippen LogP contribution in [0.3, 0.4) is 0 Å². The number of methoxy groups -OCH3 is 1. The van der Waals surface area contributed by atoms with Crippen molar-refractivity contribution in [2.24, 2.45) is 0 Å². The number of hydrogen-bond donors (Lipinski definition) is 1. The molecule has 0 saturated carbocycles. The molecular formula is C14H20Br2N2O2. The van der Waals surface area contributed by atoms with E-state index in [2.05, 4.69) is 37.2 Å². The molecule has 112 valence electrons. The lowest BCUT2D eigenvalue weighted by atomic mass is 10.2. The van der Waals surface area contributed by atoms with E-state index in [0.29, 0.717) is 13.1 Å². The van der Waals surface area contributed by atoms with Crippen molar-refractivity contribution in [1.82, 2.24) is 10.2 Å². The number of hydrogen-bond acceptors (Lipinski definition) is 3. The lowest BCUT2D eigenvalue weighted by Crippen LogP contribution is -2.37. The summed E-state index contributed by atoms with van der Waals surface area (Å²) in [6.45, 7) is 6.35. The minimum absolute atomic E-state index is 0.114. The third-order valence-corrected chi connectivity index (χ3v) is 4.04. The SMILES string of the molecule is CCN(CC)C(=O)CNCc1cc(Br)cc(Br)c1OC. The molecule has 0 bridgehead atoms. The Kier molecular flexibility index (Phi) is 7.55. The topological polar surface area (TPSA) is 41.6 Å². The van der Waals surface area contributed by atoms with Gasteiger partial charge in [-0.25, -0.2) is 0 Å². The average Bonchev–Trinajstić information content (AvgIpc) is 2.39. The third-order valence-electron chi connectivity index (χ3n) is 3.00. The van der Waals surface area contributed by atoms with E-state index in [1.807, 2.05) is 26.0 Å². The van der Waals surface area contributed by atoms with Gasteiger partial charge in [-0.2, -0.15) is 0 Å². The van der Waals surface area contributed by atoms with Gasteiger partial charge in [0.1, 0.15) is 5.75 Å². The summed E-state index contributed by atoms with van der Waals surface area (Å²) in [4.78, 5) is 13.7. The normalized spacial score (nSPS) is 10.4. The van der Waals surface area contributed by atoms with Gasteiger partial charge in [0.15, 0.2) is 0 Å². The maximum absolute atomic E-state index is 11.9. The van der Waals surface area contributed by atoms with Gasteiger partial charge in [-0.3, -0.25) is 4.79 Å². The zero-order valence-corrected chi connectivity index (χ0v) is 15.2. The third kappa shape index (κ3) is 4.75. The molecule has 0 aliphatic rings. The van der Waals surface area contributed by atoms with Crippen LogP contribution < -0.4 is 10.1 Å². The van der Waals surface area contributed by atoms with Crippen LogP contribution in [0.2, 0.25) is 0 Å². The van der Waals surface area contributed by atoms with E-state index in [1.165, 1.54) is 0 Å². The molecule has 6 heteroatoms. The summed E-state index contributed by atoms with van der Waals surface area (Å²) < 4.78 is 7.23. The van der Waals surface area contributed by atoms with E-state index in [1.54, 1.807) is 12.0 Å². The van der Waals surface area contributed by atoms with Gasteiger partial charge in [0, 0.05) is 29.7 Å². The van der Waals surface area contributed by atoms with Crippen molar-refractivity contribution in [1.29, 1.82) is 0 Å². The smallest absolute Gasteiger partial charge is 0.236 e. The van der Waals surface area contributed by atoms with Crippen LogP contribution in [0.5, 0.6) is 5.75 Å². The van der Waals surface area contributed by atoms with Crippen molar-refractivity contribution < 1.29 is 9.53 Å². The predicted octanol–water partition coefficient (Wildman–Crippen LogP) is 3.18. The molecular weight excluding hydrogens is 388 g/mol. The Hall–Kier alpha value is -0.590. The number of nitrogens with one attached hydrogen (secondary N) is 1. The van der Waals surface area contributed by atoms with E-state index in [9.17, 15) is 4.79 Å². The molecule has 0 aromatic heterocycles. The maximum atomic E-state index is 11.9. The number of halogens is 2. The van der Waals surface area contributed by atoms with Crippen LogP contribution in [0.1, 0.15) is 19.4 Å². The molecule has 0 spiro atoms. The zero-order chi connectivity index (χ0) is 15.1. The highest BCUT2D eigenvalue weighted by Gasteiger charge is 2.11. The molecule has 0 aliphatic carbocycles.